The molecule has 0 spiro atoms. The van der Waals surface area contributed by atoms with E-state index in [1.54, 1.807) is 12.3 Å². The van der Waals surface area contributed by atoms with Gasteiger partial charge in [-0.3, -0.25) is 5.32 Å². The summed E-state index contributed by atoms with van der Waals surface area (Å²) in [6.45, 7) is 5.83. The van der Waals surface area contributed by atoms with Gasteiger partial charge in [0.15, 0.2) is 5.58 Å². The van der Waals surface area contributed by atoms with Gasteiger partial charge in [-0.15, -0.1) is 0 Å². The molecule has 2 aromatic rings. The van der Waals surface area contributed by atoms with E-state index in [-0.39, 0.29) is 0 Å². The molecule has 1 heterocycles. The van der Waals surface area contributed by atoms with Gasteiger partial charge in [0.25, 0.3) is 0 Å². The second-order valence-electron chi connectivity index (χ2n) is 5.31. The van der Waals surface area contributed by atoms with Gasteiger partial charge in [0, 0.05) is 11.9 Å². The van der Waals surface area contributed by atoms with Gasteiger partial charge < -0.3 is 14.9 Å². The first-order valence-electron chi connectivity index (χ1n) is 6.09. The standard InChI is InChI=1S/C14H18N2O3/c1-14(2,3)19-13(17)16-11-7-9(8-15)6-10-4-5-18-12(10)11/h4-7H,8,15H2,1-3H3,(H,16,17). The molecule has 0 saturated carbocycles. The smallest absolute Gasteiger partial charge is 0.412 e. The van der Waals surface area contributed by atoms with Crippen molar-refractivity contribution in [1.82, 2.24) is 0 Å². The number of rotatable bonds is 2. The second-order valence-corrected chi connectivity index (χ2v) is 5.31. The van der Waals surface area contributed by atoms with Gasteiger partial charge >= 0.3 is 6.09 Å². The van der Waals surface area contributed by atoms with Crippen molar-refractivity contribution in [3.05, 3.63) is 30.0 Å². The number of carbonyl (C=O) groups excluding carboxylic acids is 1. The summed E-state index contributed by atoms with van der Waals surface area (Å²) >= 11 is 0. The summed E-state index contributed by atoms with van der Waals surface area (Å²) < 4.78 is 10.6. The predicted octanol–water partition coefficient (Wildman–Crippen LogP) is 3.24. The van der Waals surface area contributed by atoms with E-state index in [0.717, 1.165) is 10.9 Å². The lowest BCUT2D eigenvalue weighted by molar-refractivity contribution is 0.0636. The highest BCUT2D eigenvalue weighted by atomic mass is 16.6. The van der Waals surface area contributed by atoms with Crippen LogP contribution in [0.25, 0.3) is 11.0 Å². The minimum Gasteiger partial charge on any atom is -0.462 e. The van der Waals surface area contributed by atoms with Gasteiger partial charge in [0.05, 0.1) is 12.0 Å². The summed E-state index contributed by atoms with van der Waals surface area (Å²) in [6, 6.07) is 5.55. The molecule has 0 fully saturated rings. The zero-order chi connectivity index (χ0) is 14.0. The van der Waals surface area contributed by atoms with Crippen molar-refractivity contribution < 1.29 is 13.9 Å². The minimum absolute atomic E-state index is 0.393. The van der Waals surface area contributed by atoms with Crippen LogP contribution in [-0.4, -0.2) is 11.7 Å². The molecule has 1 aromatic heterocycles. The van der Waals surface area contributed by atoms with Crippen LogP contribution in [0.4, 0.5) is 10.5 Å². The molecule has 0 aliphatic carbocycles. The molecule has 5 heteroatoms. The first-order chi connectivity index (χ1) is 8.89. The maximum Gasteiger partial charge on any atom is 0.412 e. The number of anilines is 1. The molecule has 0 saturated heterocycles. The van der Waals surface area contributed by atoms with Crippen molar-refractivity contribution in [3.63, 3.8) is 0 Å². The normalized spacial score (nSPS) is 11.6. The maximum atomic E-state index is 11.8. The van der Waals surface area contributed by atoms with Crippen LogP contribution in [0.15, 0.2) is 28.9 Å². The Morgan fingerprint density at radius 1 is 1.42 bits per heavy atom. The number of fused-ring (bicyclic) bond motifs is 1. The van der Waals surface area contributed by atoms with Crippen LogP contribution >= 0.6 is 0 Å². The van der Waals surface area contributed by atoms with Crippen LogP contribution in [0.1, 0.15) is 26.3 Å². The minimum atomic E-state index is -0.544. The van der Waals surface area contributed by atoms with Crippen molar-refractivity contribution >= 4 is 22.7 Å². The third-order valence-corrected chi connectivity index (χ3v) is 2.48. The molecule has 0 aliphatic heterocycles. The fourth-order valence-electron chi connectivity index (χ4n) is 1.77. The van der Waals surface area contributed by atoms with Crippen molar-refractivity contribution in [2.75, 3.05) is 5.32 Å². The number of carbonyl (C=O) groups is 1. The van der Waals surface area contributed by atoms with Crippen molar-refractivity contribution in [2.24, 2.45) is 5.73 Å². The highest BCUT2D eigenvalue weighted by Gasteiger charge is 2.17. The zero-order valence-corrected chi connectivity index (χ0v) is 11.3. The van der Waals surface area contributed by atoms with Crippen molar-refractivity contribution in [3.8, 4) is 0 Å². The predicted molar refractivity (Wildman–Crippen MR) is 74.0 cm³/mol. The van der Waals surface area contributed by atoms with Crippen LogP contribution in [0.2, 0.25) is 0 Å². The molecule has 19 heavy (non-hydrogen) atoms. The average Bonchev–Trinajstić information content (AvgIpc) is 2.74. The number of amides is 1. The van der Waals surface area contributed by atoms with Crippen LogP contribution in [0.5, 0.6) is 0 Å². The number of ether oxygens (including phenoxy) is 1. The van der Waals surface area contributed by atoms with Crippen LogP contribution in [0, 0.1) is 0 Å². The van der Waals surface area contributed by atoms with Gasteiger partial charge in [0.2, 0.25) is 0 Å². The van der Waals surface area contributed by atoms with Gasteiger partial charge in [-0.25, -0.2) is 4.79 Å². The van der Waals surface area contributed by atoms with E-state index in [2.05, 4.69) is 5.32 Å². The van der Waals surface area contributed by atoms with E-state index in [1.807, 2.05) is 32.9 Å². The first kappa shape index (κ1) is 13.4. The lowest BCUT2D eigenvalue weighted by Crippen LogP contribution is -2.27. The Bertz CT molecular complexity index is 596. The molecule has 1 aromatic carbocycles. The zero-order valence-electron chi connectivity index (χ0n) is 11.3. The summed E-state index contributed by atoms with van der Waals surface area (Å²) in [7, 11) is 0. The molecule has 0 aliphatic rings. The molecule has 0 unspecified atom stereocenters. The summed E-state index contributed by atoms with van der Waals surface area (Å²) in [5.41, 5.74) is 7.19. The summed E-state index contributed by atoms with van der Waals surface area (Å²) in [5.74, 6) is 0. The Morgan fingerprint density at radius 3 is 2.79 bits per heavy atom. The van der Waals surface area contributed by atoms with Gasteiger partial charge in [-0.1, -0.05) is 0 Å². The summed E-state index contributed by atoms with van der Waals surface area (Å²) in [4.78, 5) is 11.8. The number of hydrogen-bond acceptors (Lipinski definition) is 4. The number of nitrogens with one attached hydrogen (secondary N) is 1. The topological polar surface area (TPSA) is 77.5 Å². The molecule has 0 bridgehead atoms. The maximum absolute atomic E-state index is 11.8. The molecule has 5 nitrogen and oxygen atoms in total. The number of furan rings is 1. The monoisotopic (exact) mass is 262 g/mol. The molecule has 1 amide bonds. The van der Waals surface area contributed by atoms with Crippen LogP contribution in [-0.2, 0) is 11.3 Å². The molecule has 0 atom stereocenters. The quantitative estimate of drug-likeness (QED) is 0.871. The summed E-state index contributed by atoms with van der Waals surface area (Å²) in [5, 5.41) is 3.59. The van der Waals surface area contributed by atoms with Gasteiger partial charge in [-0.05, 0) is 44.5 Å². The first-order valence-corrected chi connectivity index (χ1v) is 6.09. The highest BCUT2D eigenvalue weighted by Crippen LogP contribution is 2.27. The SMILES string of the molecule is CC(C)(C)OC(=O)Nc1cc(CN)cc2ccoc12. The Hall–Kier alpha value is -2.01. The van der Waals surface area contributed by atoms with E-state index in [1.165, 1.54) is 0 Å². The van der Waals surface area contributed by atoms with Crippen molar-refractivity contribution in [1.29, 1.82) is 0 Å². The van der Waals surface area contributed by atoms with Crippen LogP contribution in [0.3, 0.4) is 0 Å². The van der Waals surface area contributed by atoms with Crippen LogP contribution < -0.4 is 11.1 Å². The third kappa shape index (κ3) is 3.26. The van der Waals surface area contributed by atoms with Crippen molar-refractivity contribution in [2.45, 2.75) is 32.9 Å². The largest absolute Gasteiger partial charge is 0.462 e. The van der Waals surface area contributed by atoms with E-state index in [4.69, 9.17) is 14.9 Å². The Kier molecular flexibility index (Phi) is 3.48. The Morgan fingerprint density at radius 2 is 2.16 bits per heavy atom. The fourth-order valence-corrected chi connectivity index (χ4v) is 1.77. The molecular formula is C14H18N2O3. The lowest BCUT2D eigenvalue weighted by atomic mass is 10.1. The molecular weight excluding hydrogens is 244 g/mol. The number of nitrogens with two attached hydrogens (primary N) is 1. The van der Waals surface area contributed by atoms with Gasteiger partial charge in [0.1, 0.15) is 5.60 Å². The van der Waals surface area contributed by atoms with E-state index < -0.39 is 11.7 Å². The second kappa shape index (κ2) is 4.93. The number of benzene rings is 1. The van der Waals surface area contributed by atoms with Gasteiger partial charge in [-0.2, -0.15) is 0 Å². The number of hydrogen-bond donors (Lipinski definition) is 2. The average molecular weight is 262 g/mol. The Labute approximate surface area is 111 Å². The van der Waals surface area contributed by atoms with E-state index >= 15 is 0 Å². The van der Waals surface area contributed by atoms with E-state index in [0.29, 0.717) is 17.8 Å². The highest BCUT2D eigenvalue weighted by molar-refractivity contribution is 5.97. The third-order valence-electron chi connectivity index (χ3n) is 2.48. The molecule has 3 N–H and O–H groups in total. The van der Waals surface area contributed by atoms with E-state index in [9.17, 15) is 4.79 Å². The summed E-state index contributed by atoms with van der Waals surface area (Å²) in [6.07, 6.45) is 1.06. The molecule has 102 valence electrons. The lowest BCUT2D eigenvalue weighted by Gasteiger charge is -2.19. The Balaban J connectivity index is 2.29. The molecule has 0 radical (unpaired) electrons. The molecule has 2 rings (SSSR count). The fraction of sp³-hybridized carbons (Fsp3) is 0.357.